The lowest BCUT2D eigenvalue weighted by Gasteiger charge is -2.10. The number of furan rings is 1. The number of aryl methyl sites for hydroxylation is 2. The molecule has 0 bridgehead atoms. The highest BCUT2D eigenvalue weighted by molar-refractivity contribution is 6.50. The molecule has 2 heterocycles. The lowest BCUT2D eigenvalue weighted by atomic mass is 10.2. The van der Waals surface area contributed by atoms with Gasteiger partial charge in [-0.15, -0.1) is 10.2 Å². The molecule has 0 saturated carbocycles. The second-order valence-corrected chi connectivity index (χ2v) is 6.40. The van der Waals surface area contributed by atoms with Gasteiger partial charge in [0.15, 0.2) is 11.5 Å². The highest BCUT2D eigenvalue weighted by Crippen LogP contribution is 2.32. The molecule has 0 N–H and O–H groups in total. The van der Waals surface area contributed by atoms with E-state index < -0.39 is 0 Å². The minimum absolute atomic E-state index is 0.232. The molecule has 6 nitrogen and oxygen atoms in total. The van der Waals surface area contributed by atoms with E-state index in [4.69, 9.17) is 29.9 Å². The van der Waals surface area contributed by atoms with E-state index in [2.05, 4.69) is 10.2 Å². The van der Waals surface area contributed by atoms with Gasteiger partial charge in [-0.1, -0.05) is 24.6 Å². The fourth-order valence-corrected chi connectivity index (χ4v) is 2.79. The van der Waals surface area contributed by atoms with Crippen molar-refractivity contribution in [3.63, 3.8) is 0 Å². The first-order chi connectivity index (χ1) is 13.0. The lowest BCUT2D eigenvalue weighted by molar-refractivity contribution is 0.294. The average molecular weight is 389 g/mol. The van der Waals surface area contributed by atoms with E-state index in [9.17, 15) is 0 Å². The van der Waals surface area contributed by atoms with Crippen molar-refractivity contribution < 1.29 is 18.3 Å². The summed E-state index contributed by atoms with van der Waals surface area (Å²) in [7, 11) is 1.60. The first kappa shape index (κ1) is 19.0. The van der Waals surface area contributed by atoms with Crippen LogP contribution in [0.3, 0.4) is 0 Å². The minimum Gasteiger partial charge on any atom is -0.493 e. The summed E-state index contributed by atoms with van der Waals surface area (Å²) in [6, 6.07) is 7.43. The van der Waals surface area contributed by atoms with Crippen LogP contribution in [-0.2, 0) is 0 Å². The van der Waals surface area contributed by atoms with Gasteiger partial charge in [-0.3, -0.25) is 0 Å². The van der Waals surface area contributed by atoms with Gasteiger partial charge in [-0.2, -0.15) is 0 Å². The fourth-order valence-electron chi connectivity index (χ4n) is 2.59. The van der Waals surface area contributed by atoms with Crippen molar-refractivity contribution >= 4 is 22.7 Å². The molecule has 7 heteroatoms. The van der Waals surface area contributed by atoms with Crippen molar-refractivity contribution in [2.24, 2.45) is 0 Å². The maximum atomic E-state index is 6.37. The number of benzene rings is 1. The summed E-state index contributed by atoms with van der Waals surface area (Å²) in [5.41, 5.74) is 1.59. The lowest BCUT2D eigenvalue weighted by Crippen LogP contribution is -1.97. The van der Waals surface area contributed by atoms with E-state index >= 15 is 0 Å². The summed E-state index contributed by atoms with van der Waals surface area (Å²) < 4.78 is 22.2. The van der Waals surface area contributed by atoms with Crippen LogP contribution in [0.1, 0.15) is 36.3 Å². The smallest absolute Gasteiger partial charge is 0.259 e. The van der Waals surface area contributed by atoms with Crippen molar-refractivity contribution in [3.8, 4) is 23.0 Å². The molecule has 0 atom stereocenters. The number of hydrogen-bond acceptors (Lipinski definition) is 6. The summed E-state index contributed by atoms with van der Waals surface area (Å²) >= 11 is 6.37. The van der Waals surface area contributed by atoms with Gasteiger partial charge >= 0.3 is 0 Å². The molecule has 0 amide bonds. The molecule has 0 saturated heterocycles. The number of halogens is 1. The molecule has 0 fully saturated rings. The number of hydrogen-bond donors (Lipinski definition) is 0. The molecule has 0 unspecified atom stereocenters. The van der Waals surface area contributed by atoms with Crippen LogP contribution in [0.5, 0.6) is 11.5 Å². The van der Waals surface area contributed by atoms with Crippen molar-refractivity contribution in [2.75, 3.05) is 13.7 Å². The van der Waals surface area contributed by atoms with Crippen molar-refractivity contribution in [3.05, 3.63) is 47.2 Å². The largest absolute Gasteiger partial charge is 0.493 e. The molecule has 0 radical (unpaired) electrons. The molecule has 1 aromatic carbocycles. The maximum Gasteiger partial charge on any atom is 0.259 e. The Labute approximate surface area is 162 Å². The molecule has 3 aromatic rings. The zero-order chi connectivity index (χ0) is 19.4. The van der Waals surface area contributed by atoms with Crippen molar-refractivity contribution in [1.29, 1.82) is 0 Å². The normalized spacial score (nSPS) is 11.7. The average Bonchev–Trinajstić information content (AvgIpc) is 3.26. The second kappa shape index (κ2) is 8.31. The molecule has 142 valence electrons. The third-order valence-electron chi connectivity index (χ3n) is 3.84. The van der Waals surface area contributed by atoms with Crippen LogP contribution in [0.2, 0.25) is 0 Å². The Morgan fingerprint density at radius 3 is 2.63 bits per heavy atom. The van der Waals surface area contributed by atoms with E-state index in [0.717, 1.165) is 29.1 Å². The summed E-state index contributed by atoms with van der Waals surface area (Å²) in [4.78, 5) is 0. The van der Waals surface area contributed by atoms with Gasteiger partial charge < -0.3 is 18.3 Å². The van der Waals surface area contributed by atoms with Gasteiger partial charge in [0.25, 0.3) is 11.8 Å². The van der Waals surface area contributed by atoms with Gasteiger partial charge in [0.1, 0.15) is 16.6 Å². The van der Waals surface area contributed by atoms with Crippen molar-refractivity contribution in [1.82, 2.24) is 10.2 Å². The van der Waals surface area contributed by atoms with Crippen molar-refractivity contribution in [2.45, 2.75) is 27.2 Å². The summed E-state index contributed by atoms with van der Waals surface area (Å²) in [5, 5.41) is 8.41. The Kier molecular flexibility index (Phi) is 5.86. The minimum atomic E-state index is 0.232. The van der Waals surface area contributed by atoms with Gasteiger partial charge in [-0.05, 0) is 50.1 Å². The predicted octanol–water partition coefficient (Wildman–Crippen LogP) is 5.48. The Morgan fingerprint density at radius 2 is 1.96 bits per heavy atom. The number of ether oxygens (including phenoxy) is 2. The third-order valence-corrected chi connectivity index (χ3v) is 4.11. The van der Waals surface area contributed by atoms with Crippen LogP contribution in [0.15, 0.2) is 33.1 Å². The molecule has 0 aliphatic rings. The summed E-state index contributed by atoms with van der Waals surface area (Å²) in [5.74, 6) is 3.43. The quantitative estimate of drug-likeness (QED) is 0.533. The first-order valence-electron chi connectivity index (χ1n) is 8.61. The van der Waals surface area contributed by atoms with Crippen LogP contribution in [-0.4, -0.2) is 23.9 Å². The van der Waals surface area contributed by atoms with Crippen LogP contribution in [0, 0.1) is 13.8 Å². The van der Waals surface area contributed by atoms with E-state index in [1.807, 2.05) is 45.0 Å². The summed E-state index contributed by atoms with van der Waals surface area (Å²) in [6.07, 6.45) is 2.66. The standard InChI is InChI=1S/C20H21ClN2O4/c1-5-8-25-17-7-6-14(11-18(17)24-4)10-16(21)20-23-22-19(27-20)15-9-12(2)26-13(15)3/h6-7,9-11H,5,8H2,1-4H3/b16-10-. The fraction of sp³-hybridized carbons (Fsp3) is 0.300. The highest BCUT2D eigenvalue weighted by atomic mass is 35.5. The Morgan fingerprint density at radius 1 is 1.15 bits per heavy atom. The molecular formula is C20H21ClN2O4. The zero-order valence-electron chi connectivity index (χ0n) is 15.7. The van der Waals surface area contributed by atoms with E-state index in [-0.39, 0.29) is 5.89 Å². The predicted molar refractivity (Wildman–Crippen MR) is 104 cm³/mol. The van der Waals surface area contributed by atoms with Gasteiger partial charge in [-0.25, -0.2) is 0 Å². The molecular weight excluding hydrogens is 368 g/mol. The second-order valence-electron chi connectivity index (χ2n) is 5.99. The van der Waals surface area contributed by atoms with Gasteiger partial charge in [0.2, 0.25) is 0 Å². The Balaban J connectivity index is 1.84. The molecule has 27 heavy (non-hydrogen) atoms. The Hall–Kier alpha value is -2.73. The molecule has 0 spiro atoms. The number of methoxy groups -OCH3 is 1. The number of aromatic nitrogens is 2. The van der Waals surface area contributed by atoms with Crippen LogP contribution < -0.4 is 9.47 Å². The maximum absolute atomic E-state index is 6.37. The van der Waals surface area contributed by atoms with E-state index in [1.165, 1.54) is 0 Å². The van der Waals surface area contributed by atoms with E-state index in [1.54, 1.807) is 13.2 Å². The number of rotatable bonds is 7. The third kappa shape index (κ3) is 4.34. The van der Waals surface area contributed by atoms with E-state index in [0.29, 0.717) is 29.0 Å². The molecule has 0 aliphatic heterocycles. The molecule has 3 rings (SSSR count). The van der Waals surface area contributed by atoms with Crippen LogP contribution in [0.25, 0.3) is 22.6 Å². The van der Waals surface area contributed by atoms with Crippen LogP contribution in [0.4, 0.5) is 0 Å². The van der Waals surface area contributed by atoms with Gasteiger partial charge in [0, 0.05) is 0 Å². The Bertz CT molecular complexity index is 959. The SMILES string of the molecule is CCCOc1ccc(/C=C(\Cl)c2nnc(-c3cc(C)oc3C)o2)cc1OC. The van der Waals surface area contributed by atoms with Crippen LogP contribution >= 0.6 is 11.6 Å². The van der Waals surface area contributed by atoms with Gasteiger partial charge in [0.05, 0.1) is 19.3 Å². The molecule has 2 aromatic heterocycles. The highest BCUT2D eigenvalue weighted by Gasteiger charge is 2.16. The number of nitrogens with zero attached hydrogens (tertiary/aromatic N) is 2. The molecule has 0 aliphatic carbocycles. The monoisotopic (exact) mass is 388 g/mol. The first-order valence-corrected chi connectivity index (χ1v) is 8.99. The summed E-state index contributed by atoms with van der Waals surface area (Å²) in [6.45, 7) is 6.39. The topological polar surface area (TPSA) is 70.5 Å². The zero-order valence-corrected chi connectivity index (χ0v) is 16.5.